The second-order valence-corrected chi connectivity index (χ2v) is 5.33. The van der Waals surface area contributed by atoms with E-state index in [0.717, 1.165) is 37.2 Å². The van der Waals surface area contributed by atoms with Crippen LogP contribution < -0.4 is 20.1 Å². The minimum Gasteiger partial charge on any atom is -0.486 e. The Morgan fingerprint density at radius 1 is 1.11 bits per heavy atom. The smallest absolute Gasteiger partial charge is 0.161 e. The van der Waals surface area contributed by atoms with E-state index in [1.54, 1.807) is 0 Å². The SMILES string of the molecule is Cc1cc2c(cc1CNCCNC1CC1)OCCO2. The van der Waals surface area contributed by atoms with Crippen LogP contribution in [0.25, 0.3) is 0 Å². The van der Waals surface area contributed by atoms with Crippen LogP contribution in [-0.4, -0.2) is 32.3 Å². The molecule has 1 saturated carbocycles. The van der Waals surface area contributed by atoms with Gasteiger partial charge in [0, 0.05) is 25.7 Å². The Balaban J connectivity index is 1.51. The molecule has 0 saturated heterocycles. The third-order valence-electron chi connectivity index (χ3n) is 3.63. The number of ether oxygens (including phenoxy) is 2. The second-order valence-electron chi connectivity index (χ2n) is 5.33. The Bertz CT molecular complexity index is 444. The molecule has 2 N–H and O–H groups in total. The van der Waals surface area contributed by atoms with Crippen molar-refractivity contribution in [3.05, 3.63) is 23.3 Å². The lowest BCUT2D eigenvalue weighted by atomic mass is 10.1. The first-order chi connectivity index (χ1) is 9.33. The topological polar surface area (TPSA) is 42.5 Å². The molecule has 4 heteroatoms. The number of hydrogen-bond donors (Lipinski definition) is 2. The van der Waals surface area contributed by atoms with Gasteiger partial charge >= 0.3 is 0 Å². The molecule has 1 aromatic rings. The van der Waals surface area contributed by atoms with E-state index in [0.29, 0.717) is 13.2 Å². The van der Waals surface area contributed by atoms with Gasteiger partial charge in [-0.1, -0.05) is 0 Å². The molecule has 0 aromatic heterocycles. The third-order valence-corrected chi connectivity index (χ3v) is 3.63. The Labute approximate surface area is 114 Å². The Morgan fingerprint density at radius 3 is 2.58 bits per heavy atom. The lowest BCUT2D eigenvalue weighted by molar-refractivity contribution is 0.171. The summed E-state index contributed by atoms with van der Waals surface area (Å²) in [6.07, 6.45) is 2.70. The maximum Gasteiger partial charge on any atom is 0.161 e. The average Bonchev–Trinajstić information content (AvgIpc) is 3.23. The van der Waals surface area contributed by atoms with Gasteiger partial charge in [-0.3, -0.25) is 0 Å². The Morgan fingerprint density at radius 2 is 1.84 bits per heavy atom. The normalized spacial score (nSPS) is 17.5. The van der Waals surface area contributed by atoms with Crippen molar-refractivity contribution in [1.82, 2.24) is 10.6 Å². The first-order valence-corrected chi connectivity index (χ1v) is 7.16. The van der Waals surface area contributed by atoms with Crippen LogP contribution in [0, 0.1) is 6.92 Å². The van der Waals surface area contributed by atoms with Crippen molar-refractivity contribution in [2.75, 3.05) is 26.3 Å². The number of fused-ring (bicyclic) bond motifs is 1. The van der Waals surface area contributed by atoms with Crippen LogP contribution in [0.15, 0.2) is 12.1 Å². The fourth-order valence-corrected chi connectivity index (χ4v) is 2.30. The van der Waals surface area contributed by atoms with Gasteiger partial charge < -0.3 is 20.1 Å². The highest BCUT2D eigenvalue weighted by atomic mass is 16.6. The van der Waals surface area contributed by atoms with Crippen molar-refractivity contribution < 1.29 is 9.47 Å². The molecule has 3 rings (SSSR count). The summed E-state index contributed by atoms with van der Waals surface area (Å²) < 4.78 is 11.2. The standard InChI is InChI=1S/C15H22N2O2/c1-11-8-14-15(19-7-6-18-14)9-12(11)10-16-4-5-17-13-2-3-13/h8-9,13,16-17H,2-7,10H2,1H3. The molecule has 104 valence electrons. The summed E-state index contributed by atoms with van der Waals surface area (Å²) in [6.45, 7) is 6.36. The maximum absolute atomic E-state index is 5.62. The largest absolute Gasteiger partial charge is 0.486 e. The molecule has 1 heterocycles. The number of benzene rings is 1. The zero-order chi connectivity index (χ0) is 13.1. The van der Waals surface area contributed by atoms with Crippen LogP contribution in [0.4, 0.5) is 0 Å². The summed E-state index contributed by atoms with van der Waals surface area (Å²) in [5.41, 5.74) is 2.54. The highest BCUT2D eigenvalue weighted by molar-refractivity contribution is 5.47. The van der Waals surface area contributed by atoms with Gasteiger partial charge in [-0.25, -0.2) is 0 Å². The Hall–Kier alpha value is -1.26. The summed E-state index contributed by atoms with van der Waals surface area (Å²) >= 11 is 0. The molecule has 0 spiro atoms. The third kappa shape index (κ3) is 3.39. The van der Waals surface area contributed by atoms with E-state index < -0.39 is 0 Å². The zero-order valence-corrected chi connectivity index (χ0v) is 11.5. The van der Waals surface area contributed by atoms with Gasteiger partial charge in [0.25, 0.3) is 0 Å². The molecule has 0 atom stereocenters. The fourth-order valence-electron chi connectivity index (χ4n) is 2.30. The quantitative estimate of drug-likeness (QED) is 0.764. The maximum atomic E-state index is 5.62. The van der Waals surface area contributed by atoms with Gasteiger partial charge in [-0.15, -0.1) is 0 Å². The van der Waals surface area contributed by atoms with Gasteiger partial charge in [0.1, 0.15) is 13.2 Å². The molecule has 0 bridgehead atoms. The molecule has 1 fully saturated rings. The molecule has 1 aromatic carbocycles. The number of rotatable bonds is 6. The second kappa shape index (κ2) is 5.80. The molecule has 4 nitrogen and oxygen atoms in total. The van der Waals surface area contributed by atoms with Crippen molar-refractivity contribution in [2.24, 2.45) is 0 Å². The lowest BCUT2D eigenvalue weighted by Gasteiger charge is -2.20. The molecule has 2 aliphatic rings. The average molecular weight is 262 g/mol. The molecular formula is C15H22N2O2. The molecular weight excluding hydrogens is 240 g/mol. The van der Waals surface area contributed by atoms with E-state index in [2.05, 4.69) is 29.7 Å². The van der Waals surface area contributed by atoms with Crippen molar-refractivity contribution in [3.8, 4) is 11.5 Å². The molecule has 0 radical (unpaired) electrons. The van der Waals surface area contributed by atoms with Crippen LogP contribution in [0.3, 0.4) is 0 Å². The Kier molecular flexibility index (Phi) is 3.89. The van der Waals surface area contributed by atoms with Gasteiger partial charge in [-0.05, 0) is 43.0 Å². The van der Waals surface area contributed by atoms with Crippen LogP contribution in [-0.2, 0) is 6.54 Å². The highest BCUT2D eigenvalue weighted by Gasteiger charge is 2.19. The summed E-state index contributed by atoms with van der Waals surface area (Å²) in [7, 11) is 0. The predicted octanol–water partition coefficient (Wildman–Crippen LogP) is 1.61. The van der Waals surface area contributed by atoms with Crippen LogP contribution in [0.2, 0.25) is 0 Å². The molecule has 0 amide bonds. The van der Waals surface area contributed by atoms with Crippen LogP contribution >= 0.6 is 0 Å². The van der Waals surface area contributed by atoms with E-state index in [-0.39, 0.29) is 0 Å². The van der Waals surface area contributed by atoms with Crippen LogP contribution in [0.1, 0.15) is 24.0 Å². The number of aryl methyl sites for hydroxylation is 1. The fraction of sp³-hybridized carbons (Fsp3) is 0.600. The van der Waals surface area contributed by atoms with Gasteiger partial charge in [0.15, 0.2) is 11.5 Å². The van der Waals surface area contributed by atoms with Crippen molar-refractivity contribution in [1.29, 1.82) is 0 Å². The van der Waals surface area contributed by atoms with Crippen molar-refractivity contribution in [2.45, 2.75) is 32.4 Å². The minimum atomic E-state index is 0.647. The first-order valence-electron chi connectivity index (χ1n) is 7.16. The van der Waals surface area contributed by atoms with Gasteiger partial charge in [0.2, 0.25) is 0 Å². The van der Waals surface area contributed by atoms with E-state index >= 15 is 0 Å². The molecule has 1 aliphatic carbocycles. The molecule has 1 aliphatic heterocycles. The van der Waals surface area contributed by atoms with Crippen molar-refractivity contribution in [3.63, 3.8) is 0 Å². The van der Waals surface area contributed by atoms with Gasteiger partial charge in [-0.2, -0.15) is 0 Å². The zero-order valence-electron chi connectivity index (χ0n) is 11.5. The minimum absolute atomic E-state index is 0.647. The monoisotopic (exact) mass is 262 g/mol. The van der Waals surface area contributed by atoms with Crippen LogP contribution in [0.5, 0.6) is 11.5 Å². The summed E-state index contributed by atoms with van der Waals surface area (Å²) in [4.78, 5) is 0. The van der Waals surface area contributed by atoms with E-state index in [1.807, 2.05) is 0 Å². The molecule has 0 unspecified atom stereocenters. The van der Waals surface area contributed by atoms with E-state index in [1.165, 1.54) is 24.0 Å². The van der Waals surface area contributed by atoms with E-state index in [4.69, 9.17) is 9.47 Å². The van der Waals surface area contributed by atoms with Gasteiger partial charge in [0.05, 0.1) is 0 Å². The summed E-state index contributed by atoms with van der Waals surface area (Å²) in [5.74, 6) is 1.76. The summed E-state index contributed by atoms with van der Waals surface area (Å²) in [5, 5.41) is 6.97. The lowest BCUT2D eigenvalue weighted by Crippen LogP contribution is -2.28. The van der Waals surface area contributed by atoms with Crippen molar-refractivity contribution >= 4 is 0 Å². The molecule has 19 heavy (non-hydrogen) atoms. The first kappa shape index (κ1) is 12.8. The predicted molar refractivity (Wildman–Crippen MR) is 74.9 cm³/mol. The highest BCUT2D eigenvalue weighted by Crippen LogP contribution is 2.32. The van der Waals surface area contributed by atoms with E-state index in [9.17, 15) is 0 Å². The summed E-state index contributed by atoms with van der Waals surface area (Å²) in [6, 6.07) is 4.97. The number of nitrogens with one attached hydrogen (secondary N) is 2. The number of hydrogen-bond acceptors (Lipinski definition) is 4.